The zero-order valence-corrected chi connectivity index (χ0v) is 18.2. The van der Waals surface area contributed by atoms with Gasteiger partial charge in [0.1, 0.15) is 6.42 Å². The van der Waals surface area contributed by atoms with E-state index in [0.717, 1.165) is 44.9 Å². The Morgan fingerprint density at radius 3 is 2.53 bits per heavy atom. The lowest BCUT2D eigenvalue weighted by Gasteiger charge is -2.15. The zero-order chi connectivity index (χ0) is 21.8. The molecule has 2 rings (SSSR count). The molecule has 0 aromatic carbocycles. The standard InChI is InChI=1S/C22H38N2O6/c1-16(15-29-13-6-12-24-22(28)18-8-5-10-20(18)26)30-14-3-2-11-23-21(27)17-7-4-9-19(17)25/h16,18-20,25-26H,2-15H2,1H3,(H-,23,24,27,28)/p+1. The molecule has 0 aromatic rings. The van der Waals surface area contributed by atoms with Crippen LogP contribution in [0.3, 0.4) is 0 Å². The molecule has 30 heavy (non-hydrogen) atoms. The molecule has 8 heteroatoms. The van der Waals surface area contributed by atoms with Crippen molar-refractivity contribution in [1.82, 2.24) is 10.6 Å². The molecule has 0 aromatic heterocycles. The van der Waals surface area contributed by atoms with Gasteiger partial charge in [0.2, 0.25) is 17.9 Å². The first-order valence-corrected chi connectivity index (χ1v) is 11.5. The fourth-order valence-corrected chi connectivity index (χ4v) is 3.98. The number of nitrogens with one attached hydrogen (secondary N) is 2. The topological polar surface area (TPSA) is 117 Å². The Morgan fingerprint density at radius 1 is 1.03 bits per heavy atom. The number of amides is 2. The molecule has 8 nitrogen and oxygen atoms in total. The highest BCUT2D eigenvalue weighted by Crippen LogP contribution is 2.27. The van der Waals surface area contributed by atoms with Crippen LogP contribution in [0, 0.1) is 11.8 Å². The fraction of sp³-hybridized carbons (Fsp3) is 0.864. The molecule has 0 bridgehead atoms. The quantitative estimate of drug-likeness (QED) is 0.244. The van der Waals surface area contributed by atoms with E-state index < -0.39 is 12.2 Å². The van der Waals surface area contributed by atoms with Crippen LogP contribution in [0.15, 0.2) is 0 Å². The second kappa shape index (κ2) is 13.9. The number of unbranched alkanes of at least 4 members (excludes halogenated alkanes) is 1. The summed E-state index contributed by atoms with van der Waals surface area (Å²) < 4.78 is 11.3. The lowest BCUT2D eigenvalue weighted by atomic mass is 10.1. The van der Waals surface area contributed by atoms with E-state index in [1.807, 2.05) is 6.92 Å². The number of aliphatic hydroxyl groups is 2. The Kier molecular flexibility index (Phi) is 11.5. The minimum Gasteiger partial charge on any atom is -0.392 e. The maximum Gasteiger partial charge on any atom is 0.407 e. The van der Waals surface area contributed by atoms with E-state index in [2.05, 4.69) is 10.6 Å². The van der Waals surface area contributed by atoms with Gasteiger partial charge in [-0.25, -0.2) is 4.79 Å². The SMILES string of the molecule is CC(COCCCNC(=O)C1CCCC1O)OCCCCNC(=O)[C+]1CCCC1O. The summed E-state index contributed by atoms with van der Waals surface area (Å²) in [6.07, 6.45) is 6.03. The molecule has 0 saturated heterocycles. The van der Waals surface area contributed by atoms with E-state index in [1.54, 1.807) is 0 Å². The van der Waals surface area contributed by atoms with E-state index >= 15 is 0 Å². The predicted octanol–water partition coefficient (Wildman–Crippen LogP) is 1.09. The third-order valence-corrected chi connectivity index (χ3v) is 5.81. The molecule has 0 heterocycles. The molecule has 4 N–H and O–H groups in total. The lowest BCUT2D eigenvalue weighted by Crippen LogP contribution is -2.35. The van der Waals surface area contributed by atoms with Crippen molar-refractivity contribution in [1.29, 1.82) is 0 Å². The van der Waals surface area contributed by atoms with Gasteiger partial charge in [0, 0.05) is 32.7 Å². The summed E-state index contributed by atoms with van der Waals surface area (Å²) >= 11 is 0. The van der Waals surface area contributed by atoms with Crippen molar-refractivity contribution in [3.8, 4) is 0 Å². The molecule has 0 aliphatic heterocycles. The Labute approximate surface area is 180 Å². The van der Waals surface area contributed by atoms with Gasteiger partial charge in [-0.2, -0.15) is 0 Å². The predicted molar refractivity (Wildman–Crippen MR) is 113 cm³/mol. The highest BCUT2D eigenvalue weighted by molar-refractivity contribution is 5.91. The van der Waals surface area contributed by atoms with Crippen molar-refractivity contribution >= 4 is 11.8 Å². The van der Waals surface area contributed by atoms with Crippen LogP contribution >= 0.6 is 0 Å². The second-order valence-electron chi connectivity index (χ2n) is 8.40. The maximum atomic E-state index is 11.9. The number of carbonyl (C=O) groups is 2. The van der Waals surface area contributed by atoms with Crippen LogP contribution < -0.4 is 10.6 Å². The fourth-order valence-electron chi connectivity index (χ4n) is 3.98. The number of aliphatic hydroxyl groups excluding tert-OH is 2. The van der Waals surface area contributed by atoms with Gasteiger partial charge in [-0.1, -0.05) is 0 Å². The molecule has 172 valence electrons. The Balaban J connectivity index is 1.36. The third kappa shape index (κ3) is 8.79. The van der Waals surface area contributed by atoms with Crippen molar-refractivity contribution in [2.75, 3.05) is 32.9 Å². The minimum absolute atomic E-state index is 0.00740. The zero-order valence-electron chi connectivity index (χ0n) is 18.2. The summed E-state index contributed by atoms with van der Waals surface area (Å²) in [5.41, 5.74) is 0. The monoisotopic (exact) mass is 427 g/mol. The molecular formula is C22H39N2O6+. The summed E-state index contributed by atoms with van der Waals surface area (Å²) in [6, 6.07) is 0. The van der Waals surface area contributed by atoms with Crippen molar-refractivity contribution in [3.63, 3.8) is 0 Å². The van der Waals surface area contributed by atoms with E-state index in [9.17, 15) is 19.8 Å². The van der Waals surface area contributed by atoms with Gasteiger partial charge in [-0.05, 0) is 51.9 Å². The third-order valence-electron chi connectivity index (χ3n) is 5.81. The van der Waals surface area contributed by atoms with Gasteiger partial charge in [-0.15, -0.1) is 0 Å². The number of hydrogen-bond acceptors (Lipinski definition) is 6. The first-order chi connectivity index (χ1) is 14.5. The van der Waals surface area contributed by atoms with Crippen molar-refractivity contribution in [2.24, 2.45) is 5.92 Å². The summed E-state index contributed by atoms with van der Waals surface area (Å²) in [5.74, 6) is 0.206. The van der Waals surface area contributed by atoms with E-state index in [-0.39, 0.29) is 23.8 Å². The summed E-state index contributed by atoms with van der Waals surface area (Å²) in [4.78, 5) is 23.9. The van der Waals surface area contributed by atoms with Gasteiger partial charge in [0.05, 0.1) is 24.7 Å². The van der Waals surface area contributed by atoms with Gasteiger partial charge in [-0.3, -0.25) is 4.79 Å². The molecule has 0 spiro atoms. The van der Waals surface area contributed by atoms with Gasteiger partial charge >= 0.3 is 5.91 Å². The average Bonchev–Trinajstić information content (AvgIpc) is 3.34. The summed E-state index contributed by atoms with van der Waals surface area (Å²) in [6.45, 7) is 4.77. The highest BCUT2D eigenvalue weighted by atomic mass is 16.5. The summed E-state index contributed by atoms with van der Waals surface area (Å²) in [5, 5.41) is 25.2. The van der Waals surface area contributed by atoms with Gasteiger partial charge in [0.25, 0.3) is 0 Å². The molecule has 4 unspecified atom stereocenters. The number of rotatable bonds is 14. The highest BCUT2D eigenvalue weighted by Gasteiger charge is 2.43. The Hall–Kier alpha value is -1.35. The lowest BCUT2D eigenvalue weighted by molar-refractivity contribution is -0.127. The second-order valence-corrected chi connectivity index (χ2v) is 8.40. The van der Waals surface area contributed by atoms with E-state index in [1.165, 1.54) is 0 Å². The molecule has 4 atom stereocenters. The average molecular weight is 428 g/mol. The van der Waals surface area contributed by atoms with Crippen LogP contribution in [-0.4, -0.2) is 73.2 Å². The van der Waals surface area contributed by atoms with Crippen molar-refractivity contribution < 1.29 is 29.3 Å². The van der Waals surface area contributed by atoms with Crippen LogP contribution in [0.5, 0.6) is 0 Å². The number of ether oxygens (including phenoxy) is 2. The molecule has 0 radical (unpaired) electrons. The van der Waals surface area contributed by atoms with E-state index in [4.69, 9.17) is 9.47 Å². The van der Waals surface area contributed by atoms with Crippen LogP contribution in [0.25, 0.3) is 0 Å². The molecule has 2 fully saturated rings. The maximum absolute atomic E-state index is 11.9. The first kappa shape index (κ1) is 24.9. The number of hydrogen-bond donors (Lipinski definition) is 4. The minimum atomic E-state index is -0.564. The van der Waals surface area contributed by atoms with E-state index in [0.29, 0.717) is 51.7 Å². The normalized spacial score (nSPS) is 24.8. The van der Waals surface area contributed by atoms with Crippen LogP contribution in [0.2, 0.25) is 0 Å². The van der Waals surface area contributed by atoms with Crippen LogP contribution in [0.4, 0.5) is 0 Å². The molecule has 2 aliphatic rings. The Bertz CT molecular complexity index is 474. The van der Waals surface area contributed by atoms with Crippen LogP contribution in [0.1, 0.15) is 64.7 Å². The first-order valence-electron chi connectivity index (χ1n) is 11.5. The molecule has 2 saturated carbocycles. The summed E-state index contributed by atoms with van der Waals surface area (Å²) in [7, 11) is 0. The van der Waals surface area contributed by atoms with Gasteiger partial charge < -0.3 is 30.3 Å². The van der Waals surface area contributed by atoms with Crippen molar-refractivity contribution in [2.45, 2.75) is 83.0 Å². The van der Waals surface area contributed by atoms with Crippen LogP contribution in [-0.2, 0) is 19.1 Å². The van der Waals surface area contributed by atoms with Crippen molar-refractivity contribution in [3.05, 3.63) is 5.92 Å². The largest absolute Gasteiger partial charge is 0.407 e. The molecule has 2 aliphatic carbocycles. The number of carbonyl (C=O) groups excluding carboxylic acids is 2. The smallest absolute Gasteiger partial charge is 0.392 e. The molecule has 2 amide bonds. The molecular weight excluding hydrogens is 388 g/mol. The van der Waals surface area contributed by atoms with Gasteiger partial charge in [0.15, 0.2) is 0 Å². The Morgan fingerprint density at radius 2 is 1.83 bits per heavy atom.